The number of fused-ring (bicyclic) bond motifs is 2. The minimum Gasteiger partial charge on any atom is -0.496 e. The van der Waals surface area contributed by atoms with Crippen molar-refractivity contribution in [2.45, 2.75) is 31.3 Å². The zero-order chi connectivity index (χ0) is 13.4. The summed E-state index contributed by atoms with van der Waals surface area (Å²) < 4.78 is 5.48. The Morgan fingerprint density at radius 2 is 2.32 bits per heavy atom. The summed E-state index contributed by atoms with van der Waals surface area (Å²) in [6.45, 7) is 1.74. The van der Waals surface area contributed by atoms with Gasteiger partial charge in [0.05, 0.1) is 13.2 Å². The molecule has 0 amide bonds. The first-order chi connectivity index (χ1) is 9.24. The van der Waals surface area contributed by atoms with Gasteiger partial charge in [-0.05, 0) is 37.3 Å². The van der Waals surface area contributed by atoms with Crippen LogP contribution in [0.4, 0.5) is 0 Å². The Balaban J connectivity index is 1.94. The van der Waals surface area contributed by atoms with Gasteiger partial charge in [-0.15, -0.1) is 0 Å². The van der Waals surface area contributed by atoms with Crippen LogP contribution >= 0.6 is 11.6 Å². The average Bonchev–Trinajstić information content (AvgIpc) is 3.04. The monoisotopic (exact) mass is 280 g/mol. The number of methoxy groups -OCH3 is 1. The molecule has 0 radical (unpaired) electrons. The Morgan fingerprint density at radius 1 is 1.47 bits per heavy atom. The molecule has 1 aliphatic carbocycles. The van der Waals surface area contributed by atoms with E-state index in [1.54, 1.807) is 7.11 Å². The zero-order valence-electron chi connectivity index (χ0n) is 11.3. The maximum absolute atomic E-state index is 6.40. The minimum atomic E-state index is 0.180. The molecular weight excluding hydrogens is 260 g/mol. The van der Waals surface area contributed by atoms with Crippen molar-refractivity contribution in [2.75, 3.05) is 20.2 Å². The highest BCUT2D eigenvalue weighted by atomic mass is 35.5. The summed E-state index contributed by atoms with van der Waals surface area (Å²) in [7, 11) is 1.69. The first-order valence-electron chi connectivity index (χ1n) is 7.02. The third kappa shape index (κ3) is 2.24. The predicted octanol–water partition coefficient (Wildman–Crippen LogP) is 2.83. The molecule has 3 rings (SSSR count). The van der Waals surface area contributed by atoms with Gasteiger partial charge in [-0.25, -0.2) is 0 Å². The van der Waals surface area contributed by atoms with Crippen molar-refractivity contribution in [1.29, 1.82) is 0 Å². The molecule has 3 unspecified atom stereocenters. The standard InChI is InChI=1S/C15H21ClN2O/c1-19-14-4-2-3-12(16)15(14)13(8-17)18-9-10-5-6-11(18)7-10/h2-4,10-11,13H,5-9,17H2,1H3. The molecule has 1 saturated heterocycles. The summed E-state index contributed by atoms with van der Waals surface area (Å²) in [6.07, 6.45) is 4.00. The van der Waals surface area contributed by atoms with E-state index in [1.165, 1.54) is 19.3 Å². The van der Waals surface area contributed by atoms with Crippen molar-refractivity contribution < 1.29 is 4.74 Å². The fourth-order valence-electron chi connectivity index (χ4n) is 3.78. The van der Waals surface area contributed by atoms with Crippen LogP contribution in [0.1, 0.15) is 30.9 Å². The van der Waals surface area contributed by atoms with Gasteiger partial charge in [-0.1, -0.05) is 17.7 Å². The Morgan fingerprint density at radius 3 is 2.89 bits per heavy atom. The molecular formula is C15H21ClN2O. The topological polar surface area (TPSA) is 38.5 Å². The van der Waals surface area contributed by atoms with Gasteiger partial charge in [0.2, 0.25) is 0 Å². The van der Waals surface area contributed by atoms with E-state index in [2.05, 4.69) is 4.90 Å². The van der Waals surface area contributed by atoms with Crippen LogP contribution in [-0.2, 0) is 0 Å². The predicted molar refractivity (Wildman–Crippen MR) is 77.6 cm³/mol. The largest absolute Gasteiger partial charge is 0.496 e. The lowest BCUT2D eigenvalue weighted by molar-refractivity contribution is 0.151. The molecule has 2 aliphatic rings. The SMILES string of the molecule is COc1cccc(Cl)c1C(CN)N1CC2CCC1C2. The highest BCUT2D eigenvalue weighted by Gasteiger charge is 2.42. The molecule has 1 aliphatic heterocycles. The van der Waals surface area contributed by atoms with Crippen LogP contribution in [0.5, 0.6) is 5.75 Å². The molecule has 19 heavy (non-hydrogen) atoms. The molecule has 1 saturated carbocycles. The van der Waals surface area contributed by atoms with Crippen molar-refractivity contribution in [1.82, 2.24) is 4.90 Å². The molecule has 2 N–H and O–H groups in total. The molecule has 1 heterocycles. The van der Waals surface area contributed by atoms with Crippen molar-refractivity contribution in [3.63, 3.8) is 0 Å². The van der Waals surface area contributed by atoms with E-state index in [0.717, 1.165) is 28.8 Å². The summed E-state index contributed by atoms with van der Waals surface area (Å²) >= 11 is 6.40. The third-order valence-electron chi connectivity index (χ3n) is 4.64. The number of halogens is 1. The number of rotatable bonds is 4. The molecule has 1 aromatic carbocycles. The third-order valence-corrected chi connectivity index (χ3v) is 4.97. The van der Waals surface area contributed by atoms with Gasteiger partial charge in [0.15, 0.2) is 0 Å². The van der Waals surface area contributed by atoms with Gasteiger partial charge >= 0.3 is 0 Å². The van der Waals surface area contributed by atoms with Crippen LogP contribution in [0.2, 0.25) is 5.02 Å². The van der Waals surface area contributed by atoms with Crippen LogP contribution in [0.15, 0.2) is 18.2 Å². The normalized spacial score (nSPS) is 27.7. The van der Waals surface area contributed by atoms with Crippen molar-refractivity contribution in [3.8, 4) is 5.75 Å². The van der Waals surface area contributed by atoms with Crippen LogP contribution in [-0.4, -0.2) is 31.1 Å². The Labute approximate surface area is 119 Å². The second-order valence-corrected chi connectivity index (χ2v) is 6.04. The number of nitrogens with two attached hydrogens (primary N) is 1. The summed E-state index contributed by atoms with van der Waals surface area (Å²) in [5, 5.41) is 0.762. The zero-order valence-corrected chi connectivity index (χ0v) is 12.1. The smallest absolute Gasteiger partial charge is 0.125 e. The van der Waals surface area contributed by atoms with Crippen LogP contribution in [0.3, 0.4) is 0 Å². The summed E-state index contributed by atoms with van der Waals surface area (Å²) in [5.74, 6) is 1.71. The van der Waals surface area contributed by atoms with Gasteiger partial charge in [0.1, 0.15) is 5.75 Å². The average molecular weight is 281 g/mol. The lowest BCUT2D eigenvalue weighted by atomic mass is 10.0. The lowest BCUT2D eigenvalue weighted by Crippen LogP contribution is -2.39. The molecule has 0 spiro atoms. The Hall–Kier alpha value is -0.770. The number of hydrogen-bond donors (Lipinski definition) is 1. The Bertz CT molecular complexity index is 465. The molecule has 2 fully saturated rings. The van der Waals surface area contributed by atoms with Gasteiger partial charge in [-0.3, -0.25) is 4.90 Å². The number of ether oxygens (including phenoxy) is 1. The number of likely N-dealkylation sites (tertiary alicyclic amines) is 1. The molecule has 3 nitrogen and oxygen atoms in total. The molecule has 4 heteroatoms. The summed E-state index contributed by atoms with van der Waals surface area (Å²) in [4.78, 5) is 2.54. The second kappa shape index (κ2) is 5.31. The number of benzene rings is 1. The summed E-state index contributed by atoms with van der Waals surface area (Å²) in [5.41, 5.74) is 7.11. The number of piperidine rings is 1. The molecule has 1 aromatic rings. The van der Waals surface area contributed by atoms with Gasteiger partial charge < -0.3 is 10.5 Å². The number of hydrogen-bond acceptors (Lipinski definition) is 3. The quantitative estimate of drug-likeness (QED) is 0.922. The fraction of sp³-hybridized carbons (Fsp3) is 0.600. The molecule has 3 atom stereocenters. The molecule has 104 valence electrons. The van der Waals surface area contributed by atoms with Crippen molar-refractivity contribution >= 4 is 11.6 Å². The van der Waals surface area contributed by atoms with E-state index in [0.29, 0.717) is 12.6 Å². The van der Waals surface area contributed by atoms with E-state index in [1.807, 2.05) is 18.2 Å². The minimum absolute atomic E-state index is 0.180. The van der Waals surface area contributed by atoms with Crippen LogP contribution in [0, 0.1) is 5.92 Å². The first kappa shape index (κ1) is 13.2. The first-order valence-corrected chi connectivity index (χ1v) is 7.40. The maximum Gasteiger partial charge on any atom is 0.125 e. The van der Waals surface area contributed by atoms with E-state index in [4.69, 9.17) is 22.1 Å². The van der Waals surface area contributed by atoms with Gasteiger partial charge in [0, 0.05) is 29.7 Å². The fourth-order valence-corrected chi connectivity index (χ4v) is 4.07. The highest BCUT2D eigenvalue weighted by Crippen LogP contribution is 2.44. The van der Waals surface area contributed by atoms with E-state index >= 15 is 0 Å². The van der Waals surface area contributed by atoms with Gasteiger partial charge in [-0.2, -0.15) is 0 Å². The summed E-state index contributed by atoms with van der Waals surface area (Å²) in [6, 6.07) is 6.68. The van der Waals surface area contributed by atoms with Crippen molar-refractivity contribution in [3.05, 3.63) is 28.8 Å². The van der Waals surface area contributed by atoms with Crippen LogP contribution < -0.4 is 10.5 Å². The molecule has 0 aromatic heterocycles. The number of nitrogens with zero attached hydrogens (tertiary/aromatic N) is 1. The highest BCUT2D eigenvalue weighted by molar-refractivity contribution is 6.31. The van der Waals surface area contributed by atoms with Gasteiger partial charge in [0.25, 0.3) is 0 Å². The Kier molecular flexibility index (Phi) is 3.70. The maximum atomic E-state index is 6.40. The van der Waals surface area contributed by atoms with E-state index in [9.17, 15) is 0 Å². The molecule has 2 bridgehead atoms. The van der Waals surface area contributed by atoms with E-state index in [-0.39, 0.29) is 6.04 Å². The lowest BCUT2D eigenvalue weighted by Gasteiger charge is -2.35. The second-order valence-electron chi connectivity index (χ2n) is 5.64. The van der Waals surface area contributed by atoms with Crippen molar-refractivity contribution in [2.24, 2.45) is 11.7 Å². The van der Waals surface area contributed by atoms with E-state index < -0.39 is 0 Å². The van der Waals surface area contributed by atoms with Crippen LogP contribution in [0.25, 0.3) is 0 Å².